The summed E-state index contributed by atoms with van der Waals surface area (Å²) in [6.07, 6.45) is -6.22. The van der Waals surface area contributed by atoms with Crippen LogP contribution < -0.4 is 5.32 Å². The summed E-state index contributed by atoms with van der Waals surface area (Å²) in [6, 6.07) is 6.27. The van der Waals surface area contributed by atoms with Crippen molar-refractivity contribution >= 4 is 11.7 Å². The predicted octanol–water partition coefficient (Wildman–Crippen LogP) is -0.925. The Labute approximate surface area is 133 Å². The van der Waals surface area contributed by atoms with Crippen molar-refractivity contribution in [1.29, 1.82) is 0 Å². The van der Waals surface area contributed by atoms with Crippen molar-refractivity contribution < 1.29 is 34.7 Å². The molecule has 0 aromatic heterocycles. The van der Waals surface area contributed by atoms with Crippen LogP contribution in [-0.4, -0.2) is 70.3 Å². The first-order chi connectivity index (χ1) is 11.0. The van der Waals surface area contributed by atoms with Gasteiger partial charge in [0.25, 0.3) is 0 Å². The zero-order valence-electron chi connectivity index (χ0n) is 12.6. The fourth-order valence-electron chi connectivity index (χ4n) is 2.30. The van der Waals surface area contributed by atoms with Gasteiger partial charge < -0.3 is 35.2 Å². The van der Waals surface area contributed by atoms with Gasteiger partial charge in [-0.1, -0.05) is 0 Å². The number of anilines is 1. The highest BCUT2D eigenvalue weighted by Crippen LogP contribution is 2.23. The molecule has 0 bridgehead atoms. The first kappa shape index (κ1) is 17.6. The summed E-state index contributed by atoms with van der Waals surface area (Å²) in [6.45, 7) is 1.50. The molecule has 128 valence electrons. The maximum absolute atomic E-state index is 11.6. The number of hydrogen-bond donors (Lipinski definition) is 5. The quantitative estimate of drug-likeness (QED) is 0.439. The van der Waals surface area contributed by atoms with Gasteiger partial charge in [-0.3, -0.25) is 0 Å². The molecule has 2 rings (SSSR count). The lowest BCUT2D eigenvalue weighted by molar-refractivity contribution is -0.221. The van der Waals surface area contributed by atoms with E-state index in [-0.39, 0.29) is 6.61 Å². The van der Waals surface area contributed by atoms with Crippen molar-refractivity contribution in [2.75, 3.05) is 18.5 Å². The highest BCUT2D eigenvalue weighted by Gasteiger charge is 2.43. The lowest BCUT2D eigenvalue weighted by Gasteiger charge is -2.40. The molecule has 1 aliphatic rings. The van der Waals surface area contributed by atoms with Crippen LogP contribution in [0.15, 0.2) is 24.3 Å². The summed E-state index contributed by atoms with van der Waals surface area (Å²) in [7, 11) is 0. The second-order valence-corrected chi connectivity index (χ2v) is 5.19. The van der Waals surface area contributed by atoms with Gasteiger partial charge >= 0.3 is 5.97 Å². The summed E-state index contributed by atoms with van der Waals surface area (Å²) in [5, 5.41) is 41.4. The van der Waals surface area contributed by atoms with Gasteiger partial charge in [0.2, 0.25) is 0 Å². The molecule has 1 aromatic carbocycles. The van der Waals surface area contributed by atoms with Crippen molar-refractivity contribution in [2.24, 2.45) is 0 Å². The molecule has 8 nitrogen and oxygen atoms in total. The van der Waals surface area contributed by atoms with Crippen LogP contribution in [0, 0.1) is 0 Å². The van der Waals surface area contributed by atoms with Crippen molar-refractivity contribution in [3.63, 3.8) is 0 Å². The highest BCUT2D eigenvalue weighted by atomic mass is 16.6. The summed E-state index contributed by atoms with van der Waals surface area (Å²) >= 11 is 0. The predicted molar refractivity (Wildman–Crippen MR) is 79.8 cm³/mol. The van der Waals surface area contributed by atoms with Crippen molar-refractivity contribution in [1.82, 2.24) is 0 Å². The molecule has 5 N–H and O–H groups in total. The van der Waals surface area contributed by atoms with Gasteiger partial charge in [-0.25, -0.2) is 4.79 Å². The molecule has 8 heteroatoms. The molecule has 0 saturated carbocycles. The third kappa shape index (κ3) is 3.98. The molecular weight excluding hydrogens is 306 g/mol. The Morgan fingerprint density at radius 3 is 2.39 bits per heavy atom. The van der Waals surface area contributed by atoms with Crippen molar-refractivity contribution in [3.05, 3.63) is 29.8 Å². The highest BCUT2D eigenvalue weighted by molar-refractivity contribution is 5.89. The van der Waals surface area contributed by atoms with E-state index < -0.39 is 43.2 Å². The number of nitrogens with one attached hydrogen (secondary N) is 1. The lowest BCUT2D eigenvalue weighted by atomic mass is 9.98. The average Bonchev–Trinajstić information content (AvgIpc) is 2.56. The van der Waals surface area contributed by atoms with E-state index in [9.17, 15) is 20.1 Å². The molecule has 1 saturated heterocycles. The number of aliphatic hydroxyl groups is 4. The Kier molecular flexibility index (Phi) is 5.91. The van der Waals surface area contributed by atoms with Gasteiger partial charge in [0.15, 0.2) is 6.23 Å². The van der Waals surface area contributed by atoms with Gasteiger partial charge in [-0.2, -0.15) is 0 Å². The largest absolute Gasteiger partial charge is 0.462 e. The van der Waals surface area contributed by atoms with Gasteiger partial charge in [0.05, 0.1) is 18.8 Å². The maximum Gasteiger partial charge on any atom is 0.338 e. The van der Waals surface area contributed by atoms with E-state index in [0.29, 0.717) is 11.3 Å². The third-order valence-corrected chi connectivity index (χ3v) is 3.60. The van der Waals surface area contributed by atoms with Crippen LogP contribution in [0.2, 0.25) is 0 Å². The number of ether oxygens (including phenoxy) is 2. The number of esters is 1. The molecule has 1 fully saturated rings. The van der Waals surface area contributed by atoms with E-state index >= 15 is 0 Å². The summed E-state index contributed by atoms with van der Waals surface area (Å²) < 4.78 is 10.2. The van der Waals surface area contributed by atoms with Crippen LogP contribution in [0.25, 0.3) is 0 Å². The van der Waals surface area contributed by atoms with Crippen LogP contribution in [0.4, 0.5) is 5.69 Å². The Balaban J connectivity index is 2.04. The number of hydrogen-bond acceptors (Lipinski definition) is 8. The van der Waals surface area contributed by atoms with Crippen LogP contribution in [0.5, 0.6) is 0 Å². The Morgan fingerprint density at radius 2 is 1.83 bits per heavy atom. The average molecular weight is 327 g/mol. The van der Waals surface area contributed by atoms with E-state index in [1.165, 1.54) is 0 Å². The molecule has 5 atom stereocenters. The molecule has 0 spiro atoms. The topological polar surface area (TPSA) is 128 Å². The SMILES string of the molecule is CCOC(=O)c1ccc(N[C@H]2O[C@H](CO)[C@@H](O)[C@H](O)[C@@H]2O)cc1. The molecule has 23 heavy (non-hydrogen) atoms. The van der Waals surface area contributed by atoms with Gasteiger partial charge in [-0.15, -0.1) is 0 Å². The Hall–Kier alpha value is -1.71. The molecular formula is C15H21NO7. The number of rotatable bonds is 5. The second-order valence-electron chi connectivity index (χ2n) is 5.19. The van der Waals surface area contributed by atoms with E-state index in [1.54, 1.807) is 31.2 Å². The number of carbonyl (C=O) groups is 1. The zero-order chi connectivity index (χ0) is 17.0. The van der Waals surface area contributed by atoms with Crippen LogP contribution in [0.1, 0.15) is 17.3 Å². The van der Waals surface area contributed by atoms with Crippen LogP contribution in [0.3, 0.4) is 0 Å². The van der Waals surface area contributed by atoms with Crippen molar-refractivity contribution in [2.45, 2.75) is 37.6 Å². The smallest absolute Gasteiger partial charge is 0.338 e. The van der Waals surface area contributed by atoms with E-state index in [2.05, 4.69) is 5.32 Å². The van der Waals surface area contributed by atoms with Gasteiger partial charge in [0, 0.05) is 5.69 Å². The minimum absolute atomic E-state index is 0.281. The summed E-state index contributed by atoms with van der Waals surface area (Å²) in [5.74, 6) is -0.438. The van der Waals surface area contributed by atoms with Crippen LogP contribution >= 0.6 is 0 Å². The standard InChI is InChI=1S/C15H21NO7/c1-2-22-15(21)8-3-5-9(6-4-8)16-14-13(20)12(19)11(18)10(7-17)23-14/h3-6,10-14,16-20H,2,7H2,1H3/t10-,11-,12+,13+,14+/m1/s1. The molecule has 1 aliphatic heterocycles. The third-order valence-electron chi connectivity index (χ3n) is 3.60. The summed E-state index contributed by atoms with van der Waals surface area (Å²) in [4.78, 5) is 11.6. The second kappa shape index (κ2) is 7.71. The molecule has 1 aromatic rings. The normalized spacial score (nSPS) is 30.7. The van der Waals surface area contributed by atoms with Crippen LogP contribution in [-0.2, 0) is 9.47 Å². The number of carbonyl (C=O) groups excluding carboxylic acids is 1. The van der Waals surface area contributed by atoms with E-state index in [4.69, 9.17) is 14.6 Å². The zero-order valence-corrected chi connectivity index (χ0v) is 12.6. The first-order valence-electron chi connectivity index (χ1n) is 7.32. The van der Waals surface area contributed by atoms with E-state index in [0.717, 1.165) is 0 Å². The molecule has 1 heterocycles. The monoisotopic (exact) mass is 327 g/mol. The fraction of sp³-hybridized carbons (Fsp3) is 0.533. The first-order valence-corrected chi connectivity index (χ1v) is 7.32. The number of benzene rings is 1. The maximum atomic E-state index is 11.6. The molecule has 0 radical (unpaired) electrons. The number of aliphatic hydroxyl groups excluding tert-OH is 4. The Bertz CT molecular complexity index is 519. The summed E-state index contributed by atoms with van der Waals surface area (Å²) in [5.41, 5.74) is 0.911. The molecule has 0 aliphatic carbocycles. The minimum Gasteiger partial charge on any atom is -0.462 e. The molecule has 0 unspecified atom stereocenters. The van der Waals surface area contributed by atoms with Gasteiger partial charge in [-0.05, 0) is 31.2 Å². The minimum atomic E-state index is -1.45. The van der Waals surface area contributed by atoms with E-state index in [1.807, 2.05) is 0 Å². The fourth-order valence-corrected chi connectivity index (χ4v) is 2.30. The van der Waals surface area contributed by atoms with Gasteiger partial charge in [0.1, 0.15) is 24.4 Å². The lowest BCUT2D eigenvalue weighted by Crippen LogP contribution is -2.60. The van der Waals surface area contributed by atoms with Crippen molar-refractivity contribution in [3.8, 4) is 0 Å². The molecule has 0 amide bonds. The Morgan fingerprint density at radius 1 is 1.17 bits per heavy atom.